The van der Waals surface area contributed by atoms with Crippen molar-refractivity contribution >= 4 is 52.2 Å². The number of hydrogen-bond acceptors (Lipinski definition) is 3. The lowest BCUT2D eigenvalue weighted by molar-refractivity contribution is 0.551. The number of guanidine groups is 1. The molecule has 0 bridgehead atoms. The number of aliphatic imine (C=N–C) groups is 1. The van der Waals surface area contributed by atoms with Gasteiger partial charge in [0.2, 0.25) is 0 Å². The first-order valence-electron chi connectivity index (χ1n) is 7.79. The Kier molecular flexibility index (Phi) is 7.11. The van der Waals surface area contributed by atoms with E-state index >= 15 is 0 Å². The Balaban J connectivity index is 0.00000208. The molecule has 0 aliphatic heterocycles. The van der Waals surface area contributed by atoms with Crippen molar-refractivity contribution in [2.45, 2.75) is 26.9 Å². The summed E-state index contributed by atoms with van der Waals surface area (Å²) in [6.07, 6.45) is 0. The summed E-state index contributed by atoms with van der Waals surface area (Å²) in [6.45, 7) is 6.32. The molecule has 2 heterocycles. The van der Waals surface area contributed by atoms with Gasteiger partial charge < -0.3 is 15.1 Å². The lowest BCUT2D eigenvalue weighted by atomic mass is 10.2. The van der Waals surface area contributed by atoms with Crippen LogP contribution in [-0.4, -0.2) is 12.5 Å². The third-order valence-electron chi connectivity index (χ3n) is 3.44. The molecule has 3 aromatic rings. The quantitative estimate of drug-likeness (QED) is 0.334. The van der Waals surface area contributed by atoms with E-state index in [1.807, 2.05) is 24.3 Å². The van der Waals surface area contributed by atoms with Gasteiger partial charge in [0.15, 0.2) is 5.96 Å². The minimum absolute atomic E-state index is 0. The van der Waals surface area contributed by atoms with E-state index in [0.717, 1.165) is 35.8 Å². The fourth-order valence-corrected chi connectivity index (χ4v) is 3.19. The molecule has 128 valence electrons. The molecule has 0 atom stereocenters. The molecule has 2 aromatic heterocycles. The second-order valence-corrected chi connectivity index (χ2v) is 6.68. The normalized spacial score (nSPS) is 11.3. The van der Waals surface area contributed by atoms with Gasteiger partial charge in [-0.05, 0) is 38.1 Å². The Morgan fingerprint density at radius 2 is 2.00 bits per heavy atom. The summed E-state index contributed by atoms with van der Waals surface area (Å²) in [7, 11) is 0. The van der Waals surface area contributed by atoms with Gasteiger partial charge in [-0.25, -0.2) is 4.99 Å². The Bertz CT molecular complexity index is 776. The second kappa shape index (κ2) is 9.08. The van der Waals surface area contributed by atoms with Crippen molar-refractivity contribution in [1.29, 1.82) is 0 Å². The zero-order valence-corrected chi connectivity index (χ0v) is 17.0. The standard InChI is InChI=1S/C18H21N3OS.HI/c1-3-19-18(21-12-16-9-8-13(2)23-16)20-11-15-10-14-6-4-5-7-17(14)22-15;/h4-10H,3,11-12H2,1-2H3,(H2,19,20,21);1H. The summed E-state index contributed by atoms with van der Waals surface area (Å²) in [6, 6.07) is 14.4. The van der Waals surface area contributed by atoms with E-state index in [2.05, 4.69) is 47.7 Å². The highest BCUT2D eigenvalue weighted by Crippen LogP contribution is 2.19. The number of hydrogen-bond donors (Lipinski definition) is 2. The van der Waals surface area contributed by atoms with Crippen LogP contribution >= 0.6 is 35.3 Å². The molecule has 0 fully saturated rings. The molecular weight excluding hydrogens is 433 g/mol. The number of nitrogens with zero attached hydrogens (tertiary/aromatic N) is 1. The van der Waals surface area contributed by atoms with Crippen LogP contribution in [0.15, 0.2) is 51.9 Å². The van der Waals surface area contributed by atoms with E-state index in [4.69, 9.17) is 4.42 Å². The molecule has 2 N–H and O–H groups in total. The molecule has 0 saturated carbocycles. The molecule has 0 unspecified atom stereocenters. The summed E-state index contributed by atoms with van der Waals surface area (Å²) in [4.78, 5) is 7.23. The average molecular weight is 455 g/mol. The van der Waals surface area contributed by atoms with E-state index in [1.54, 1.807) is 11.3 Å². The number of aryl methyl sites for hydroxylation is 1. The summed E-state index contributed by atoms with van der Waals surface area (Å²) >= 11 is 1.80. The van der Waals surface area contributed by atoms with E-state index < -0.39 is 0 Å². The number of furan rings is 1. The van der Waals surface area contributed by atoms with Gasteiger partial charge in [0.25, 0.3) is 0 Å². The van der Waals surface area contributed by atoms with E-state index in [9.17, 15) is 0 Å². The second-order valence-electron chi connectivity index (χ2n) is 5.31. The highest BCUT2D eigenvalue weighted by molar-refractivity contribution is 14.0. The van der Waals surface area contributed by atoms with Crippen LogP contribution in [0.25, 0.3) is 11.0 Å². The number of fused-ring (bicyclic) bond motifs is 1. The van der Waals surface area contributed by atoms with Gasteiger partial charge in [0.1, 0.15) is 17.9 Å². The zero-order chi connectivity index (χ0) is 16.1. The number of benzene rings is 1. The monoisotopic (exact) mass is 455 g/mol. The van der Waals surface area contributed by atoms with Crippen molar-refractivity contribution in [3.8, 4) is 0 Å². The van der Waals surface area contributed by atoms with Crippen LogP contribution in [0, 0.1) is 6.92 Å². The number of thiophene rings is 1. The smallest absolute Gasteiger partial charge is 0.191 e. The molecule has 0 spiro atoms. The van der Waals surface area contributed by atoms with Gasteiger partial charge in [0, 0.05) is 21.7 Å². The maximum absolute atomic E-state index is 5.80. The minimum Gasteiger partial charge on any atom is -0.459 e. The number of halogens is 1. The predicted octanol–water partition coefficient (Wildman–Crippen LogP) is 4.68. The lowest BCUT2D eigenvalue weighted by Gasteiger charge is -2.09. The Morgan fingerprint density at radius 3 is 2.71 bits per heavy atom. The summed E-state index contributed by atoms with van der Waals surface area (Å²) in [5, 5.41) is 7.74. The van der Waals surface area contributed by atoms with Crippen LogP contribution in [0.1, 0.15) is 22.4 Å². The van der Waals surface area contributed by atoms with Crippen LogP contribution in [-0.2, 0) is 13.1 Å². The highest BCUT2D eigenvalue weighted by Gasteiger charge is 2.04. The molecule has 0 aliphatic rings. The SMILES string of the molecule is CCNC(=NCc1cc2ccccc2o1)NCc1ccc(C)s1.I. The number of nitrogens with one attached hydrogen (secondary N) is 2. The van der Waals surface area contributed by atoms with E-state index in [1.165, 1.54) is 9.75 Å². The van der Waals surface area contributed by atoms with E-state index in [-0.39, 0.29) is 24.0 Å². The topological polar surface area (TPSA) is 49.6 Å². The zero-order valence-electron chi connectivity index (χ0n) is 13.8. The summed E-state index contributed by atoms with van der Waals surface area (Å²) < 4.78 is 5.80. The number of rotatable bonds is 5. The molecule has 24 heavy (non-hydrogen) atoms. The first-order chi connectivity index (χ1) is 11.2. The van der Waals surface area contributed by atoms with Crippen LogP contribution in [0.2, 0.25) is 0 Å². The van der Waals surface area contributed by atoms with Crippen molar-refractivity contribution in [2.75, 3.05) is 6.54 Å². The molecule has 1 aromatic carbocycles. The van der Waals surface area contributed by atoms with Gasteiger partial charge >= 0.3 is 0 Å². The van der Waals surface area contributed by atoms with Crippen LogP contribution in [0.5, 0.6) is 0 Å². The molecular formula is C18H22IN3OS. The van der Waals surface area contributed by atoms with Gasteiger partial charge in [0.05, 0.1) is 6.54 Å². The Labute approximate surface area is 163 Å². The predicted molar refractivity (Wildman–Crippen MR) is 112 cm³/mol. The molecule has 6 heteroatoms. The van der Waals surface area contributed by atoms with Gasteiger partial charge in [-0.1, -0.05) is 18.2 Å². The molecule has 0 aliphatic carbocycles. The van der Waals surface area contributed by atoms with Crippen LogP contribution in [0.3, 0.4) is 0 Å². The number of para-hydroxylation sites is 1. The van der Waals surface area contributed by atoms with Crippen molar-refractivity contribution in [2.24, 2.45) is 4.99 Å². The molecule has 4 nitrogen and oxygen atoms in total. The third kappa shape index (κ3) is 4.98. The summed E-state index contributed by atoms with van der Waals surface area (Å²) in [5.41, 5.74) is 0.907. The fraction of sp³-hybridized carbons (Fsp3) is 0.278. The Hall–Kier alpha value is -1.54. The third-order valence-corrected chi connectivity index (χ3v) is 4.44. The van der Waals surface area contributed by atoms with Gasteiger partial charge in [-0.15, -0.1) is 35.3 Å². The average Bonchev–Trinajstić information content (AvgIpc) is 3.15. The Morgan fingerprint density at radius 1 is 1.17 bits per heavy atom. The van der Waals surface area contributed by atoms with Gasteiger partial charge in [-0.2, -0.15) is 0 Å². The first-order valence-corrected chi connectivity index (χ1v) is 8.61. The lowest BCUT2D eigenvalue weighted by Crippen LogP contribution is -2.36. The fourth-order valence-electron chi connectivity index (χ4n) is 2.36. The van der Waals surface area contributed by atoms with Crippen molar-refractivity contribution in [1.82, 2.24) is 10.6 Å². The highest BCUT2D eigenvalue weighted by atomic mass is 127. The van der Waals surface area contributed by atoms with Crippen molar-refractivity contribution in [3.63, 3.8) is 0 Å². The maximum Gasteiger partial charge on any atom is 0.191 e. The molecule has 0 saturated heterocycles. The maximum atomic E-state index is 5.80. The van der Waals surface area contributed by atoms with Crippen LogP contribution in [0.4, 0.5) is 0 Å². The van der Waals surface area contributed by atoms with Gasteiger partial charge in [-0.3, -0.25) is 0 Å². The molecule has 0 radical (unpaired) electrons. The first kappa shape index (κ1) is 18.8. The molecule has 0 amide bonds. The van der Waals surface area contributed by atoms with E-state index in [0.29, 0.717) is 6.54 Å². The molecule has 3 rings (SSSR count). The summed E-state index contributed by atoms with van der Waals surface area (Å²) in [5.74, 6) is 1.68. The minimum atomic E-state index is 0. The van der Waals surface area contributed by atoms with Crippen molar-refractivity contribution in [3.05, 3.63) is 58.0 Å². The van der Waals surface area contributed by atoms with Crippen LogP contribution < -0.4 is 10.6 Å². The van der Waals surface area contributed by atoms with Crippen molar-refractivity contribution < 1.29 is 4.42 Å². The largest absolute Gasteiger partial charge is 0.459 e.